The van der Waals surface area contributed by atoms with Gasteiger partial charge in [-0.15, -0.1) is 0 Å². The lowest BCUT2D eigenvalue weighted by Gasteiger charge is -2.17. The summed E-state index contributed by atoms with van der Waals surface area (Å²) < 4.78 is 0. The Bertz CT molecular complexity index is 741. The second-order valence-electron chi connectivity index (χ2n) is 5.30. The standard InChI is InChI=1S/C16H16N2O3/c1-9-5-11(15(20)6-14(9)19)16(21)18-7-10-3-2-4-13(17)12(10)8-18/h2-6,19-20H,7-8,17H2,1H3. The van der Waals surface area contributed by atoms with Gasteiger partial charge in [0.25, 0.3) is 5.91 Å². The van der Waals surface area contributed by atoms with Crippen LogP contribution < -0.4 is 5.73 Å². The van der Waals surface area contributed by atoms with Gasteiger partial charge in [-0.3, -0.25) is 4.79 Å². The minimum atomic E-state index is -0.272. The van der Waals surface area contributed by atoms with Gasteiger partial charge in [0.05, 0.1) is 5.56 Å². The molecule has 0 aliphatic carbocycles. The molecule has 5 nitrogen and oxygen atoms in total. The number of phenolic OH excluding ortho intramolecular Hbond substituents is 2. The third-order valence-electron chi connectivity index (χ3n) is 3.85. The lowest BCUT2D eigenvalue weighted by atomic mass is 10.1. The van der Waals surface area contributed by atoms with Crippen LogP contribution in [0.15, 0.2) is 30.3 Å². The average Bonchev–Trinajstić information content (AvgIpc) is 2.87. The van der Waals surface area contributed by atoms with E-state index < -0.39 is 0 Å². The van der Waals surface area contributed by atoms with E-state index >= 15 is 0 Å². The van der Waals surface area contributed by atoms with Crippen LogP contribution in [-0.4, -0.2) is 21.0 Å². The van der Waals surface area contributed by atoms with Crippen molar-refractivity contribution in [2.75, 3.05) is 5.73 Å². The van der Waals surface area contributed by atoms with Crippen molar-refractivity contribution >= 4 is 11.6 Å². The molecule has 0 atom stereocenters. The maximum atomic E-state index is 12.6. The van der Waals surface area contributed by atoms with Gasteiger partial charge in [0.1, 0.15) is 11.5 Å². The minimum absolute atomic E-state index is 0.0296. The lowest BCUT2D eigenvalue weighted by Crippen LogP contribution is -2.25. The van der Waals surface area contributed by atoms with Crippen LogP contribution >= 0.6 is 0 Å². The van der Waals surface area contributed by atoms with Crippen LogP contribution in [0, 0.1) is 6.92 Å². The van der Waals surface area contributed by atoms with Gasteiger partial charge in [0.15, 0.2) is 0 Å². The molecule has 0 saturated heterocycles. The fourth-order valence-corrected chi connectivity index (χ4v) is 2.62. The van der Waals surface area contributed by atoms with E-state index in [1.54, 1.807) is 11.8 Å². The Morgan fingerprint density at radius 3 is 2.67 bits per heavy atom. The Hall–Kier alpha value is -2.69. The van der Waals surface area contributed by atoms with E-state index in [2.05, 4.69) is 0 Å². The van der Waals surface area contributed by atoms with Crippen LogP contribution in [0.4, 0.5) is 5.69 Å². The highest BCUT2D eigenvalue weighted by molar-refractivity contribution is 5.97. The predicted octanol–water partition coefficient (Wildman–Crippen LogP) is 2.14. The summed E-state index contributed by atoms with van der Waals surface area (Å²) in [7, 11) is 0. The van der Waals surface area contributed by atoms with Gasteiger partial charge in [0, 0.05) is 24.8 Å². The van der Waals surface area contributed by atoms with Crippen molar-refractivity contribution in [2.45, 2.75) is 20.0 Å². The van der Waals surface area contributed by atoms with E-state index in [0.717, 1.165) is 11.1 Å². The third-order valence-corrected chi connectivity index (χ3v) is 3.85. The number of nitrogens with two attached hydrogens (primary N) is 1. The van der Waals surface area contributed by atoms with E-state index in [9.17, 15) is 15.0 Å². The molecule has 4 N–H and O–H groups in total. The molecule has 3 rings (SSSR count). The number of rotatable bonds is 1. The van der Waals surface area contributed by atoms with Crippen molar-refractivity contribution in [2.24, 2.45) is 0 Å². The number of aryl methyl sites for hydroxylation is 1. The Labute approximate surface area is 122 Å². The first-order chi connectivity index (χ1) is 9.97. The molecule has 21 heavy (non-hydrogen) atoms. The van der Waals surface area contributed by atoms with Crippen molar-refractivity contribution in [3.05, 3.63) is 52.6 Å². The number of nitrogen functional groups attached to an aromatic ring is 1. The molecule has 0 fully saturated rings. The van der Waals surface area contributed by atoms with Crippen molar-refractivity contribution in [3.63, 3.8) is 0 Å². The summed E-state index contributed by atoms with van der Waals surface area (Å²) in [5.74, 6) is -0.517. The van der Waals surface area contributed by atoms with Crippen LogP contribution in [0.25, 0.3) is 0 Å². The molecule has 1 aliphatic rings. The minimum Gasteiger partial charge on any atom is -0.508 e. The molecule has 1 heterocycles. The van der Waals surface area contributed by atoms with Crippen LogP contribution in [0.2, 0.25) is 0 Å². The van der Waals surface area contributed by atoms with Gasteiger partial charge in [0.2, 0.25) is 0 Å². The van der Waals surface area contributed by atoms with Crippen LogP contribution in [0.5, 0.6) is 11.5 Å². The van der Waals surface area contributed by atoms with Gasteiger partial charge in [-0.1, -0.05) is 12.1 Å². The van der Waals surface area contributed by atoms with Crippen molar-refractivity contribution in [3.8, 4) is 11.5 Å². The summed E-state index contributed by atoms with van der Waals surface area (Å²) in [6, 6.07) is 8.32. The Morgan fingerprint density at radius 2 is 1.95 bits per heavy atom. The quantitative estimate of drug-likeness (QED) is 0.700. The summed E-state index contributed by atoms with van der Waals surface area (Å²) in [4.78, 5) is 14.2. The van der Waals surface area contributed by atoms with Crippen molar-refractivity contribution < 1.29 is 15.0 Å². The summed E-state index contributed by atoms with van der Waals surface area (Å²) in [6.07, 6.45) is 0. The number of hydrogen-bond donors (Lipinski definition) is 3. The lowest BCUT2D eigenvalue weighted by molar-refractivity contribution is 0.0748. The molecule has 2 aromatic rings. The zero-order chi connectivity index (χ0) is 15.1. The highest BCUT2D eigenvalue weighted by Crippen LogP contribution is 2.32. The third kappa shape index (κ3) is 2.16. The van der Waals surface area contributed by atoms with Crippen molar-refractivity contribution in [1.82, 2.24) is 4.90 Å². The van der Waals surface area contributed by atoms with Crippen LogP contribution in [0.1, 0.15) is 27.0 Å². The van der Waals surface area contributed by atoms with E-state index in [0.29, 0.717) is 24.3 Å². The molecular formula is C16H16N2O3. The maximum Gasteiger partial charge on any atom is 0.258 e. The smallest absolute Gasteiger partial charge is 0.258 e. The average molecular weight is 284 g/mol. The first kappa shape index (κ1) is 13.3. The molecule has 1 amide bonds. The first-order valence-corrected chi connectivity index (χ1v) is 6.65. The number of aromatic hydroxyl groups is 2. The van der Waals surface area contributed by atoms with Crippen LogP contribution in [0.3, 0.4) is 0 Å². The number of amides is 1. The Balaban J connectivity index is 1.92. The van der Waals surface area contributed by atoms with Gasteiger partial charge in [-0.05, 0) is 35.7 Å². The molecule has 2 aromatic carbocycles. The Kier molecular flexibility index (Phi) is 2.97. The highest BCUT2D eigenvalue weighted by atomic mass is 16.3. The molecule has 0 radical (unpaired) electrons. The van der Waals surface area contributed by atoms with Crippen LogP contribution in [-0.2, 0) is 13.1 Å². The Morgan fingerprint density at radius 1 is 1.19 bits per heavy atom. The zero-order valence-electron chi connectivity index (χ0n) is 11.6. The summed E-state index contributed by atoms with van der Waals surface area (Å²) >= 11 is 0. The molecule has 0 saturated carbocycles. The molecule has 5 heteroatoms. The second-order valence-corrected chi connectivity index (χ2v) is 5.30. The molecule has 1 aliphatic heterocycles. The number of benzene rings is 2. The molecular weight excluding hydrogens is 268 g/mol. The van der Waals surface area contributed by atoms with E-state index in [-0.39, 0.29) is 23.0 Å². The largest absolute Gasteiger partial charge is 0.508 e. The summed E-state index contributed by atoms with van der Waals surface area (Å²) in [5.41, 5.74) is 9.33. The van der Waals surface area contributed by atoms with Gasteiger partial charge in [-0.25, -0.2) is 0 Å². The first-order valence-electron chi connectivity index (χ1n) is 6.65. The number of nitrogens with zero attached hydrogens (tertiary/aromatic N) is 1. The molecule has 0 bridgehead atoms. The fourth-order valence-electron chi connectivity index (χ4n) is 2.62. The summed E-state index contributed by atoms with van der Waals surface area (Å²) in [5, 5.41) is 19.4. The summed E-state index contributed by atoms with van der Waals surface area (Å²) in [6.45, 7) is 2.58. The number of anilines is 1. The fraction of sp³-hybridized carbons (Fsp3) is 0.188. The number of fused-ring (bicyclic) bond motifs is 1. The molecule has 108 valence electrons. The van der Waals surface area contributed by atoms with Crippen molar-refractivity contribution in [1.29, 1.82) is 0 Å². The number of phenols is 2. The van der Waals surface area contributed by atoms with E-state index in [4.69, 9.17) is 5.73 Å². The molecule has 0 unspecified atom stereocenters. The number of hydrogen-bond acceptors (Lipinski definition) is 4. The normalized spacial score (nSPS) is 13.3. The van der Waals surface area contributed by atoms with Gasteiger partial charge < -0.3 is 20.8 Å². The topological polar surface area (TPSA) is 86.8 Å². The molecule has 0 spiro atoms. The van der Waals surface area contributed by atoms with Gasteiger partial charge in [-0.2, -0.15) is 0 Å². The zero-order valence-corrected chi connectivity index (χ0v) is 11.6. The highest BCUT2D eigenvalue weighted by Gasteiger charge is 2.27. The predicted molar refractivity (Wildman–Crippen MR) is 78.9 cm³/mol. The second kappa shape index (κ2) is 4.70. The van der Waals surface area contributed by atoms with E-state index in [1.165, 1.54) is 12.1 Å². The number of carbonyl (C=O) groups excluding carboxylic acids is 1. The monoisotopic (exact) mass is 284 g/mol. The number of carbonyl (C=O) groups is 1. The SMILES string of the molecule is Cc1cc(C(=O)N2Cc3cccc(N)c3C2)c(O)cc1O. The van der Waals surface area contributed by atoms with Gasteiger partial charge >= 0.3 is 0 Å². The molecule has 0 aromatic heterocycles. The van der Waals surface area contributed by atoms with E-state index in [1.807, 2.05) is 18.2 Å². The maximum absolute atomic E-state index is 12.6.